The number of hydrogen-bond acceptors (Lipinski definition) is 4. The number of nitrogens with zero attached hydrogens (tertiary/aromatic N) is 1. The minimum absolute atomic E-state index is 0.0623. The topological polar surface area (TPSA) is 48.0 Å². The molecule has 2 atom stereocenters. The lowest BCUT2D eigenvalue weighted by atomic mass is 10.0. The van der Waals surface area contributed by atoms with Crippen LogP contribution in [-0.4, -0.2) is 59.9 Å². The van der Waals surface area contributed by atoms with E-state index >= 15 is 0 Å². The van der Waals surface area contributed by atoms with Gasteiger partial charge in [0.15, 0.2) is 0 Å². The highest BCUT2D eigenvalue weighted by molar-refractivity contribution is 9.09. The summed E-state index contributed by atoms with van der Waals surface area (Å²) in [6, 6.07) is 0. The van der Waals surface area contributed by atoms with Gasteiger partial charge < -0.3 is 19.1 Å². The molecule has 6 heteroatoms. The van der Waals surface area contributed by atoms with E-state index in [0.717, 1.165) is 11.8 Å². The molecule has 0 saturated carbocycles. The Hall–Kier alpha value is -0.330. The fourth-order valence-corrected chi connectivity index (χ4v) is 2.73. The van der Waals surface area contributed by atoms with Gasteiger partial charge in [-0.2, -0.15) is 0 Å². The molecule has 2 aliphatic rings. The van der Waals surface area contributed by atoms with Crippen LogP contribution < -0.4 is 0 Å². The van der Waals surface area contributed by atoms with Crippen LogP contribution in [0.2, 0.25) is 0 Å². The summed E-state index contributed by atoms with van der Waals surface area (Å²) in [5, 5.41) is 0.751. The van der Waals surface area contributed by atoms with Gasteiger partial charge in [-0.1, -0.05) is 15.9 Å². The lowest BCUT2D eigenvalue weighted by Gasteiger charge is -2.37. The van der Waals surface area contributed by atoms with Crippen LogP contribution >= 0.6 is 15.9 Å². The van der Waals surface area contributed by atoms with Crippen LogP contribution in [0.5, 0.6) is 0 Å². The molecular formula is C13H22BrNO4. The summed E-state index contributed by atoms with van der Waals surface area (Å²) in [5.41, 5.74) is -0.817. The summed E-state index contributed by atoms with van der Waals surface area (Å²) in [7, 11) is 0. The van der Waals surface area contributed by atoms with Crippen molar-refractivity contribution in [2.24, 2.45) is 0 Å². The van der Waals surface area contributed by atoms with Crippen molar-refractivity contribution < 1.29 is 19.0 Å². The van der Waals surface area contributed by atoms with Crippen molar-refractivity contribution in [1.29, 1.82) is 0 Å². The van der Waals surface area contributed by atoms with E-state index < -0.39 is 5.60 Å². The molecule has 2 unspecified atom stereocenters. The molecule has 2 heterocycles. The molecule has 5 nitrogen and oxygen atoms in total. The van der Waals surface area contributed by atoms with Crippen molar-refractivity contribution in [3.63, 3.8) is 0 Å². The van der Waals surface area contributed by atoms with Gasteiger partial charge in [-0.3, -0.25) is 0 Å². The van der Waals surface area contributed by atoms with Gasteiger partial charge >= 0.3 is 6.09 Å². The second-order valence-corrected chi connectivity index (χ2v) is 6.89. The summed E-state index contributed by atoms with van der Waals surface area (Å²) in [4.78, 5) is 13.7. The number of hydrogen-bond donors (Lipinski definition) is 0. The monoisotopic (exact) mass is 335 g/mol. The average molecular weight is 336 g/mol. The van der Waals surface area contributed by atoms with Crippen molar-refractivity contribution in [3.05, 3.63) is 0 Å². The van der Waals surface area contributed by atoms with Gasteiger partial charge in [0.05, 0.1) is 25.9 Å². The highest BCUT2D eigenvalue weighted by atomic mass is 79.9. The number of carbonyl (C=O) groups is 1. The second-order valence-electron chi connectivity index (χ2n) is 6.24. The van der Waals surface area contributed by atoms with Gasteiger partial charge in [-0.15, -0.1) is 0 Å². The number of carbonyl (C=O) groups excluding carboxylic acids is 1. The largest absolute Gasteiger partial charge is 0.444 e. The number of halogens is 1. The SMILES string of the molecule is CC(C)(C)OC(=O)N1CCC2(COCC(CBr)O2)C1. The minimum Gasteiger partial charge on any atom is -0.444 e. The fourth-order valence-electron chi connectivity index (χ4n) is 2.41. The third-order valence-electron chi connectivity index (χ3n) is 3.23. The summed E-state index contributed by atoms with van der Waals surface area (Å²) >= 11 is 3.41. The van der Waals surface area contributed by atoms with E-state index in [4.69, 9.17) is 14.2 Å². The Morgan fingerprint density at radius 2 is 2.26 bits per heavy atom. The molecule has 2 aliphatic heterocycles. The third kappa shape index (κ3) is 3.83. The highest BCUT2D eigenvalue weighted by Gasteiger charge is 2.45. The normalized spacial score (nSPS) is 31.8. The van der Waals surface area contributed by atoms with E-state index in [0.29, 0.717) is 26.3 Å². The quantitative estimate of drug-likeness (QED) is 0.689. The highest BCUT2D eigenvalue weighted by Crippen LogP contribution is 2.31. The molecule has 110 valence electrons. The maximum atomic E-state index is 12.0. The first-order chi connectivity index (χ1) is 8.84. The lowest BCUT2D eigenvalue weighted by Crippen LogP contribution is -2.50. The summed E-state index contributed by atoms with van der Waals surface area (Å²) in [6.45, 7) is 7.99. The first-order valence-corrected chi connectivity index (χ1v) is 7.75. The van der Waals surface area contributed by atoms with E-state index in [9.17, 15) is 4.79 Å². The Balaban J connectivity index is 1.93. The number of amides is 1. The Kier molecular flexibility index (Phi) is 4.42. The minimum atomic E-state index is -0.463. The molecule has 0 radical (unpaired) electrons. The van der Waals surface area contributed by atoms with E-state index in [1.807, 2.05) is 20.8 Å². The molecule has 1 amide bonds. The molecule has 2 saturated heterocycles. The first-order valence-electron chi connectivity index (χ1n) is 6.63. The van der Waals surface area contributed by atoms with Gasteiger partial charge in [0, 0.05) is 11.9 Å². The molecule has 1 spiro atoms. The van der Waals surface area contributed by atoms with Gasteiger partial charge in [0.2, 0.25) is 0 Å². The average Bonchev–Trinajstić information content (AvgIpc) is 2.71. The zero-order valence-corrected chi connectivity index (χ0v) is 13.4. The van der Waals surface area contributed by atoms with Crippen molar-refractivity contribution in [2.75, 3.05) is 31.6 Å². The van der Waals surface area contributed by atoms with Crippen LogP contribution in [0.4, 0.5) is 4.79 Å². The molecule has 0 aliphatic carbocycles. The molecule has 19 heavy (non-hydrogen) atoms. The number of ether oxygens (including phenoxy) is 3. The van der Waals surface area contributed by atoms with E-state index in [-0.39, 0.29) is 17.8 Å². The molecule has 0 aromatic rings. The van der Waals surface area contributed by atoms with E-state index in [1.165, 1.54) is 0 Å². The van der Waals surface area contributed by atoms with Gasteiger partial charge in [-0.05, 0) is 27.2 Å². The second kappa shape index (κ2) is 5.58. The Morgan fingerprint density at radius 3 is 2.89 bits per heavy atom. The van der Waals surface area contributed by atoms with Gasteiger partial charge in [-0.25, -0.2) is 4.79 Å². The maximum absolute atomic E-state index is 12.0. The van der Waals surface area contributed by atoms with Crippen molar-refractivity contribution in [2.45, 2.75) is 44.5 Å². The smallest absolute Gasteiger partial charge is 0.410 e. The predicted molar refractivity (Wildman–Crippen MR) is 74.6 cm³/mol. The number of rotatable bonds is 1. The maximum Gasteiger partial charge on any atom is 0.410 e. The zero-order chi connectivity index (χ0) is 14.1. The predicted octanol–water partition coefficient (Wildman–Crippen LogP) is 2.18. The van der Waals surface area contributed by atoms with Crippen LogP contribution in [0.15, 0.2) is 0 Å². The Bertz CT molecular complexity index is 344. The summed E-state index contributed by atoms with van der Waals surface area (Å²) in [5.74, 6) is 0. The third-order valence-corrected chi connectivity index (χ3v) is 3.95. The molecule has 2 fully saturated rings. The van der Waals surface area contributed by atoms with Crippen LogP contribution in [0.25, 0.3) is 0 Å². The molecular weight excluding hydrogens is 314 g/mol. The van der Waals surface area contributed by atoms with E-state index in [1.54, 1.807) is 4.90 Å². The molecule has 0 aromatic carbocycles. The Morgan fingerprint density at radius 1 is 1.53 bits per heavy atom. The van der Waals surface area contributed by atoms with Crippen molar-refractivity contribution in [1.82, 2.24) is 4.90 Å². The Labute approximate surface area is 122 Å². The van der Waals surface area contributed by atoms with Crippen molar-refractivity contribution >= 4 is 22.0 Å². The van der Waals surface area contributed by atoms with Gasteiger partial charge in [0.25, 0.3) is 0 Å². The first kappa shape index (κ1) is 15.1. The summed E-state index contributed by atoms with van der Waals surface area (Å²) < 4.78 is 17.1. The molecule has 0 N–H and O–H groups in total. The molecule has 0 bridgehead atoms. The fraction of sp³-hybridized carbons (Fsp3) is 0.923. The van der Waals surface area contributed by atoms with Crippen LogP contribution in [0, 0.1) is 0 Å². The molecule has 0 aromatic heterocycles. The standard InChI is InChI=1S/C13H22BrNO4/c1-12(2,3)19-11(16)15-5-4-13(8-15)9-17-7-10(6-14)18-13/h10H,4-9H2,1-3H3. The lowest BCUT2D eigenvalue weighted by molar-refractivity contribution is -0.183. The van der Waals surface area contributed by atoms with Crippen LogP contribution in [0.3, 0.4) is 0 Å². The van der Waals surface area contributed by atoms with Crippen molar-refractivity contribution in [3.8, 4) is 0 Å². The van der Waals surface area contributed by atoms with Crippen LogP contribution in [-0.2, 0) is 14.2 Å². The summed E-state index contributed by atoms with van der Waals surface area (Å²) in [6.07, 6.45) is 0.594. The number of alkyl halides is 1. The zero-order valence-electron chi connectivity index (χ0n) is 11.8. The molecule has 2 rings (SSSR count). The van der Waals surface area contributed by atoms with Gasteiger partial charge in [0.1, 0.15) is 11.2 Å². The number of likely N-dealkylation sites (tertiary alicyclic amines) is 1. The van der Waals surface area contributed by atoms with E-state index in [2.05, 4.69) is 15.9 Å². The van der Waals surface area contributed by atoms with Crippen LogP contribution in [0.1, 0.15) is 27.2 Å².